The zero-order chi connectivity index (χ0) is 12.5. The molecule has 0 amide bonds. The van der Waals surface area contributed by atoms with Crippen molar-refractivity contribution in [2.24, 2.45) is 0 Å². The average molecular weight is 267 g/mol. The SMILES string of the molecule is Cc1c(C(F)F)ncc(C#N)c1S(=O)(=O)Cl. The molecule has 0 saturated carbocycles. The summed E-state index contributed by atoms with van der Waals surface area (Å²) in [6.45, 7) is 1.13. The Labute approximate surface area is 94.9 Å². The molecule has 16 heavy (non-hydrogen) atoms. The molecule has 1 heterocycles. The Hall–Kier alpha value is -1.26. The summed E-state index contributed by atoms with van der Waals surface area (Å²) >= 11 is 0. The standard InChI is InChI=1S/C8H5ClF2N2O2S/c1-4-6(8(10)11)13-3-5(2-12)7(4)16(9,14)15/h3,8H,1H3. The lowest BCUT2D eigenvalue weighted by Gasteiger charge is -2.08. The lowest BCUT2D eigenvalue weighted by Crippen LogP contribution is -2.05. The van der Waals surface area contributed by atoms with Crippen molar-refractivity contribution in [1.29, 1.82) is 5.26 Å². The van der Waals surface area contributed by atoms with Crippen molar-refractivity contribution in [2.75, 3.05) is 0 Å². The number of pyridine rings is 1. The Bertz CT molecular complexity index is 566. The number of aromatic nitrogens is 1. The highest BCUT2D eigenvalue weighted by molar-refractivity contribution is 8.13. The summed E-state index contributed by atoms with van der Waals surface area (Å²) in [6, 6.07) is 1.54. The van der Waals surface area contributed by atoms with Crippen LogP contribution in [0.4, 0.5) is 8.78 Å². The van der Waals surface area contributed by atoms with Gasteiger partial charge in [0.25, 0.3) is 15.5 Å². The molecule has 0 saturated heterocycles. The minimum atomic E-state index is -4.26. The maximum atomic E-state index is 12.4. The molecule has 0 radical (unpaired) electrons. The van der Waals surface area contributed by atoms with Crippen LogP contribution in [0.25, 0.3) is 0 Å². The van der Waals surface area contributed by atoms with Crippen LogP contribution in [0.15, 0.2) is 11.1 Å². The number of hydrogen-bond acceptors (Lipinski definition) is 4. The third kappa shape index (κ3) is 2.28. The van der Waals surface area contributed by atoms with Crippen molar-refractivity contribution >= 4 is 19.7 Å². The monoisotopic (exact) mass is 266 g/mol. The molecule has 0 aromatic carbocycles. The first kappa shape index (κ1) is 12.8. The van der Waals surface area contributed by atoms with E-state index in [-0.39, 0.29) is 11.1 Å². The fourth-order valence-corrected chi connectivity index (χ4v) is 2.65. The van der Waals surface area contributed by atoms with E-state index < -0.39 is 26.1 Å². The molecule has 0 atom stereocenters. The van der Waals surface area contributed by atoms with Gasteiger partial charge >= 0.3 is 0 Å². The van der Waals surface area contributed by atoms with Crippen molar-refractivity contribution in [1.82, 2.24) is 4.98 Å². The number of hydrogen-bond donors (Lipinski definition) is 0. The fourth-order valence-electron chi connectivity index (χ4n) is 1.22. The van der Waals surface area contributed by atoms with Crippen LogP contribution >= 0.6 is 10.7 Å². The van der Waals surface area contributed by atoms with Crippen LogP contribution in [0.3, 0.4) is 0 Å². The van der Waals surface area contributed by atoms with Crippen LogP contribution in [-0.2, 0) is 9.05 Å². The van der Waals surface area contributed by atoms with Crippen molar-refractivity contribution < 1.29 is 17.2 Å². The van der Waals surface area contributed by atoms with Crippen LogP contribution in [-0.4, -0.2) is 13.4 Å². The lowest BCUT2D eigenvalue weighted by atomic mass is 10.1. The second-order valence-corrected chi connectivity index (χ2v) is 5.36. The topological polar surface area (TPSA) is 70.8 Å². The number of nitrogens with zero attached hydrogens (tertiary/aromatic N) is 2. The second kappa shape index (κ2) is 4.31. The summed E-state index contributed by atoms with van der Waals surface area (Å²) in [5, 5.41) is 8.64. The molecule has 0 fully saturated rings. The zero-order valence-electron chi connectivity index (χ0n) is 7.91. The molecule has 4 nitrogen and oxygen atoms in total. The minimum Gasteiger partial charge on any atom is -0.254 e. The Balaban J connectivity index is 3.69. The molecule has 8 heteroatoms. The maximum Gasteiger partial charge on any atom is 0.280 e. The number of nitriles is 1. The van der Waals surface area contributed by atoms with Gasteiger partial charge in [0.05, 0.1) is 5.56 Å². The molecule has 1 rings (SSSR count). The average Bonchev–Trinajstić information content (AvgIpc) is 2.14. The maximum absolute atomic E-state index is 12.4. The lowest BCUT2D eigenvalue weighted by molar-refractivity contribution is 0.145. The summed E-state index contributed by atoms with van der Waals surface area (Å²) in [7, 11) is 0.817. The van der Waals surface area contributed by atoms with Gasteiger partial charge in [-0.05, 0) is 12.5 Å². The van der Waals surface area contributed by atoms with Crippen LogP contribution in [0.5, 0.6) is 0 Å². The molecule has 0 unspecified atom stereocenters. The number of alkyl halides is 2. The molecular formula is C8H5ClF2N2O2S. The molecule has 0 aliphatic rings. The fraction of sp³-hybridized carbons (Fsp3) is 0.250. The summed E-state index contributed by atoms with van der Waals surface area (Å²) in [5.41, 5.74) is -1.35. The molecule has 1 aromatic rings. The van der Waals surface area contributed by atoms with Gasteiger partial charge in [0.2, 0.25) is 0 Å². The first-order valence-corrected chi connectivity index (χ1v) is 6.22. The predicted molar refractivity (Wildman–Crippen MR) is 51.7 cm³/mol. The molecule has 0 aliphatic carbocycles. The van der Waals surface area contributed by atoms with Gasteiger partial charge in [-0.1, -0.05) is 0 Å². The van der Waals surface area contributed by atoms with Gasteiger partial charge in [0.1, 0.15) is 16.7 Å². The summed E-state index contributed by atoms with van der Waals surface area (Å²) in [6.07, 6.45) is -2.16. The molecule has 0 bridgehead atoms. The van der Waals surface area contributed by atoms with E-state index in [1.165, 1.54) is 6.07 Å². The summed E-state index contributed by atoms with van der Waals surface area (Å²) < 4.78 is 47.2. The van der Waals surface area contributed by atoms with E-state index >= 15 is 0 Å². The first-order chi connectivity index (χ1) is 7.29. The smallest absolute Gasteiger partial charge is 0.254 e. The molecular weight excluding hydrogens is 262 g/mol. The van der Waals surface area contributed by atoms with Gasteiger partial charge in [-0.3, -0.25) is 4.98 Å². The molecule has 1 aromatic heterocycles. The van der Waals surface area contributed by atoms with Crippen LogP contribution < -0.4 is 0 Å². The Kier molecular flexibility index (Phi) is 3.45. The normalized spacial score (nSPS) is 11.5. The van der Waals surface area contributed by atoms with E-state index in [1.54, 1.807) is 0 Å². The first-order valence-electron chi connectivity index (χ1n) is 3.91. The Morgan fingerprint density at radius 1 is 1.56 bits per heavy atom. The van der Waals surface area contributed by atoms with Gasteiger partial charge in [-0.15, -0.1) is 0 Å². The molecule has 0 spiro atoms. The van der Waals surface area contributed by atoms with Crippen LogP contribution in [0.1, 0.15) is 23.2 Å². The van der Waals surface area contributed by atoms with Crippen molar-refractivity contribution in [3.05, 3.63) is 23.0 Å². The van der Waals surface area contributed by atoms with Gasteiger partial charge in [-0.25, -0.2) is 17.2 Å². The van der Waals surface area contributed by atoms with Crippen molar-refractivity contribution in [2.45, 2.75) is 18.2 Å². The largest absolute Gasteiger partial charge is 0.280 e. The van der Waals surface area contributed by atoms with E-state index in [9.17, 15) is 17.2 Å². The number of halogens is 3. The highest BCUT2D eigenvalue weighted by atomic mass is 35.7. The van der Waals surface area contributed by atoms with E-state index in [0.717, 1.165) is 13.1 Å². The van der Waals surface area contributed by atoms with Crippen molar-refractivity contribution in [3.63, 3.8) is 0 Å². The quantitative estimate of drug-likeness (QED) is 0.769. The third-order valence-electron chi connectivity index (χ3n) is 1.87. The van der Waals surface area contributed by atoms with E-state index in [0.29, 0.717) is 0 Å². The summed E-state index contributed by atoms with van der Waals surface area (Å²) in [4.78, 5) is 2.72. The van der Waals surface area contributed by atoms with E-state index in [1.807, 2.05) is 0 Å². The van der Waals surface area contributed by atoms with Crippen molar-refractivity contribution in [3.8, 4) is 6.07 Å². The van der Waals surface area contributed by atoms with Gasteiger partial charge in [-0.2, -0.15) is 5.26 Å². The summed E-state index contributed by atoms with van der Waals surface area (Å²) in [5.74, 6) is 0. The van der Waals surface area contributed by atoms with Crippen LogP contribution in [0.2, 0.25) is 0 Å². The predicted octanol–water partition coefficient (Wildman–Crippen LogP) is 2.13. The van der Waals surface area contributed by atoms with Gasteiger partial charge < -0.3 is 0 Å². The highest BCUT2D eigenvalue weighted by Gasteiger charge is 2.25. The van der Waals surface area contributed by atoms with Crippen LogP contribution in [0, 0.1) is 18.3 Å². The van der Waals surface area contributed by atoms with E-state index in [4.69, 9.17) is 15.9 Å². The molecule has 86 valence electrons. The third-order valence-corrected chi connectivity index (χ3v) is 3.35. The Morgan fingerprint density at radius 2 is 2.12 bits per heavy atom. The van der Waals surface area contributed by atoms with Gasteiger partial charge in [0, 0.05) is 16.9 Å². The second-order valence-electron chi connectivity index (χ2n) is 2.86. The van der Waals surface area contributed by atoms with E-state index in [2.05, 4.69) is 4.98 Å². The molecule has 0 aliphatic heterocycles. The highest BCUT2D eigenvalue weighted by Crippen LogP contribution is 2.29. The number of rotatable bonds is 2. The zero-order valence-corrected chi connectivity index (χ0v) is 9.48. The molecule has 0 N–H and O–H groups in total. The Morgan fingerprint density at radius 3 is 2.50 bits per heavy atom. The minimum absolute atomic E-state index is 0.302. The van der Waals surface area contributed by atoms with Gasteiger partial charge in [0.15, 0.2) is 0 Å².